The van der Waals surface area contributed by atoms with Gasteiger partial charge in [-0.3, -0.25) is 9.59 Å². The number of carbonyl (C=O) groups is 3. The van der Waals surface area contributed by atoms with Gasteiger partial charge in [-0.1, -0.05) is 18.2 Å². The van der Waals surface area contributed by atoms with Crippen LogP contribution in [-0.2, 0) is 9.59 Å². The standard InChI is InChI=1S/C28H35N5O3S/c1-37-24-12-10-22(11-13-24)29-27(36)31-18-14-28(15-19-31)26(35)32(20-25(34)30-16-6-3-7-17-30)21-33(28)23-8-4-2-5-9-23/h2,4-5,8-13H,3,6-7,14-21H2,1H3,(H,29,36). The summed E-state index contributed by atoms with van der Waals surface area (Å²) in [5.41, 5.74) is 0.976. The van der Waals surface area contributed by atoms with E-state index in [1.807, 2.05) is 65.8 Å². The van der Waals surface area contributed by atoms with E-state index in [2.05, 4.69) is 10.2 Å². The molecule has 3 aliphatic heterocycles. The second kappa shape index (κ2) is 11.0. The lowest BCUT2D eigenvalue weighted by Gasteiger charge is -2.43. The third-order valence-electron chi connectivity index (χ3n) is 7.84. The lowest BCUT2D eigenvalue weighted by atomic mass is 9.85. The molecule has 37 heavy (non-hydrogen) atoms. The fourth-order valence-electron chi connectivity index (χ4n) is 5.69. The van der Waals surface area contributed by atoms with E-state index >= 15 is 0 Å². The number of carbonyl (C=O) groups excluding carboxylic acids is 3. The van der Waals surface area contributed by atoms with Crippen LogP contribution in [0.25, 0.3) is 0 Å². The van der Waals surface area contributed by atoms with Crippen LogP contribution >= 0.6 is 11.8 Å². The lowest BCUT2D eigenvalue weighted by Crippen LogP contribution is -2.58. The quantitative estimate of drug-likeness (QED) is 0.600. The molecule has 3 heterocycles. The van der Waals surface area contributed by atoms with Crippen LogP contribution in [0, 0.1) is 0 Å². The van der Waals surface area contributed by atoms with E-state index in [9.17, 15) is 14.4 Å². The van der Waals surface area contributed by atoms with Gasteiger partial charge in [-0.25, -0.2) is 4.79 Å². The predicted molar refractivity (Wildman–Crippen MR) is 147 cm³/mol. The van der Waals surface area contributed by atoms with Crippen LogP contribution in [-0.4, -0.2) is 83.7 Å². The van der Waals surface area contributed by atoms with Crippen LogP contribution in [0.2, 0.25) is 0 Å². The van der Waals surface area contributed by atoms with E-state index in [-0.39, 0.29) is 24.4 Å². The Hall–Kier alpha value is -3.20. The van der Waals surface area contributed by atoms with Crippen molar-refractivity contribution in [2.45, 2.75) is 42.5 Å². The Morgan fingerprint density at radius 1 is 0.892 bits per heavy atom. The van der Waals surface area contributed by atoms with Crippen LogP contribution in [0.1, 0.15) is 32.1 Å². The molecule has 196 valence electrons. The molecule has 0 atom stereocenters. The van der Waals surface area contributed by atoms with Gasteiger partial charge in [0.25, 0.3) is 5.91 Å². The second-order valence-corrected chi connectivity index (χ2v) is 10.9. The van der Waals surface area contributed by atoms with Crippen LogP contribution in [0.4, 0.5) is 16.2 Å². The topological polar surface area (TPSA) is 76.2 Å². The fourth-order valence-corrected chi connectivity index (χ4v) is 6.09. The molecule has 4 amide bonds. The van der Waals surface area contributed by atoms with Crippen molar-refractivity contribution in [2.24, 2.45) is 0 Å². The van der Waals surface area contributed by atoms with Crippen molar-refractivity contribution in [3.8, 4) is 0 Å². The number of hydrogen-bond acceptors (Lipinski definition) is 5. The van der Waals surface area contributed by atoms with Gasteiger partial charge in [-0.15, -0.1) is 11.8 Å². The number of benzene rings is 2. The van der Waals surface area contributed by atoms with Gasteiger partial charge in [0.05, 0.1) is 6.67 Å². The number of hydrogen-bond donors (Lipinski definition) is 1. The first-order valence-corrected chi connectivity index (χ1v) is 14.3. The first-order valence-electron chi connectivity index (χ1n) is 13.1. The monoisotopic (exact) mass is 521 g/mol. The summed E-state index contributed by atoms with van der Waals surface area (Å²) in [6, 6.07) is 17.6. The first-order chi connectivity index (χ1) is 18.0. The average molecular weight is 522 g/mol. The number of rotatable bonds is 5. The molecule has 0 aliphatic carbocycles. The minimum absolute atomic E-state index is 0.00516. The largest absolute Gasteiger partial charge is 0.341 e. The summed E-state index contributed by atoms with van der Waals surface area (Å²) in [6.45, 7) is 2.99. The Morgan fingerprint density at radius 3 is 2.22 bits per heavy atom. The van der Waals surface area contributed by atoms with E-state index in [1.165, 1.54) is 0 Å². The molecule has 0 saturated carbocycles. The molecule has 0 aromatic heterocycles. The average Bonchev–Trinajstić information content (AvgIpc) is 3.20. The van der Waals surface area contributed by atoms with Gasteiger partial charge in [0, 0.05) is 42.4 Å². The van der Waals surface area contributed by atoms with Gasteiger partial charge < -0.3 is 24.9 Å². The summed E-state index contributed by atoms with van der Waals surface area (Å²) in [5.74, 6) is 0.0249. The molecule has 2 aromatic carbocycles. The molecule has 2 aromatic rings. The zero-order valence-corrected chi connectivity index (χ0v) is 22.2. The molecular weight excluding hydrogens is 486 g/mol. The van der Waals surface area contributed by atoms with Crippen molar-refractivity contribution in [3.63, 3.8) is 0 Å². The Balaban J connectivity index is 1.29. The molecule has 3 fully saturated rings. The molecule has 5 rings (SSSR count). The Labute approximate surface area is 223 Å². The third-order valence-corrected chi connectivity index (χ3v) is 8.58. The van der Waals surface area contributed by atoms with E-state index in [1.54, 1.807) is 21.6 Å². The molecule has 0 unspecified atom stereocenters. The molecule has 8 nitrogen and oxygen atoms in total. The predicted octanol–water partition coefficient (Wildman–Crippen LogP) is 4.09. The minimum Gasteiger partial charge on any atom is -0.341 e. The van der Waals surface area contributed by atoms with E-state index in [0.717, 1.165) is 48.6 Å². The lowest BCUT2D eigenvalue weighted by molar-refractivity contribution is -0.141. The Kier molecular flexibility index (Phi) is 7.60. The maximum absolute atomic E-state index is 13.9. The Bertz CT molecular complexity index is 1110. The number of urea groups is 1. The van der Waals surface area contributed by atoms with Crippen molar-refractivity contribution < 1.29 is 14.4 Å². The van der Waals surface area contributed by atoms with Gasteiger partial charge in [-0.2, -0.15) is 0 Å². The van der Waals surface area contributed by atoms with E-state index in [4.69, 9.17) is 0 Å². The van der Waals surface area contributed by atoms with Crippen molar-refractivity contribution in [1.29, 1.82) is 0 Å². The molecule has 9 heteroatoms. The zero-order valence-electron chi connectivity index (χ0n) is 21.4. The van der Waals surface area contributed by atoms with Crippen molar-refractivity contribution in [1.82, 2.24) is 14.7 Å². The van der Waals surface area contributed by atoms with Gasteiger partial charge in [0.2, 0.25) is 5.91 Å². The highest BCUT2D eigenvalue weighted by Crippen LogP contribution is 2.39. The molecule has 0 bridgehead atoms. The molecule has 3 aliphatic rings. The summed E-state index contributed by atoms with van der Waals surface area (Å²) < 4.78 is 0. The first kappa shape index (κ1) is 25.4. The zero-order chi connectivity index (χ0) is 25.8. The number of thioether (sulfide) groups is 1. The van der Waals surface area contributed by atoms with Crippen molar-refractivity contribution in [2.75, 3.05) is 55.9 Å². The summed E-state index contributed by atoms with van der Waals surface area (Å²) in [7, 11) is 0. The number of likely N-dealkylation sites (tertiary alicyclic amines) is 2. The minimum atomic E-state index is -0.750. The third kappa shape index (κ3) is 5.28. The van der Waals surface area contributed by atoms with Gasteiger partial charge in [0.1, 0.15) is 12.1 Å². The van der Waals surface area contributed by atoms with Crippen LogP contribution in [0.15, 0.2) is 59.5 Å². The summed E-state index contributed by atoms with van der Waals surface area (Å²) in [5, 5.41) is 2.99. The molecule has 0 radical (unpaired) electrons. The number of para-hydroxylation sites is 1. The highest BCUT2D eigenvalue weighted by Gasteiger charge is 2.54. The normalized spacial score (nSPS) is 19.4. The molecule has 1 spiro atoms. The SMILES string of the molecule is CSc1ccc(NC(=O)N2CCC3(CC2)C(=O)N(CC(=O)N2CCCCC2)CN3c2ccccc2)cc1. The van der Waals surface area contributed by atoms with E-state index < -0.39 is 5.54 Å². The van der Waals surface area contributed by atoms with Crippen LogP contribution < -0.4 is 10.2 Å². The smallest absolute Gasteiger partial charge is 0.321 e. The number of nitrogens with one attached hydrogen (secondary N) is 1. The maximum atomic E-state index is 13.9. The highest BCUT2D eigenvalue weighted by molar-refractivity contribution is 7.98. The second-order valence-electron chi connectivity index (χ2n) is 10.0. The molecular formula is C28H35N5O3S. The van der Waals surface area contributed by atoms with Gasteiger partial charge in [0.15, 0.2) is 0 Å². The summed E-state index contributed by atoms with van der Waals surface area (Å²) in [6.07, 6.45) is 6.27. The number of anilines is 2. The number of amides is 4. The van der Waals surface area contributed by atoms with Gasteiger partial charge >= 0.3 is 6.03 Å². The van der Waals surface area contributed by atoms with E-state index in [0.29, 0.717) is 32.6 Å². The highest BCUT2D eigenvalue weighted by atomic mass is 32.2. The summed E-state index contributed by atoms with van der Waals surface area (Å²) >= 11 is 1.66. The number of nitrogens with zero attached hydrogens (tertiary/aromatic N) is 4. The summed E-state index contributed by atoms with van der Waals surface area (Å²) in [4.78, 5) is 48.6. The fraction of sp³-hybridized carbons (Fsp3) is 0.464. The van der Waals surface area contributed by atoms with Crippen molar-refractivity contribution >= 4 is 41.0 Å². The van der Waals surface area contributed by atoms with Crippen molar-refractivity contribution in [3.05, 3.63) is 54.6 Å². The maximum Gasteiger partial charge on any atom is 0.321 e. The van der Waals surface area contributed by atoms with Gasteiger partial charge in [-0.05, 0) is 74.8 Å². The Morgan fingerprint density at radius 2 is 1.57 bits per heavy atom. The molecule has 1 N–H and O–H groups in total. The van der Waals surface area contributed by atoms with Crippen LogP contribution in [0.3, 0.4) is 0 Å². The molecule has 3 saturated heterocycles. The van der Waals surface area contributed by atoms with Crippen LogP contribution in [0.5, 0.6) is 0 Å². The number of piperidine rings is 2.